The monoisotopic (exact) mass is 364 g/mol. The van der Waals surface area contributed by atoms with Crippen LogP contribution in [-0.2, 0) is 11.3 Å². The number of anilines is 1. The van der Waals surface area contributed by atoms with E-state index in [1.807, 2.05) is 47.6 Å². The van der Waals surface area contributed by atoms with Gasteiger partial charge in [-0.25, -0.2) is 4.98 Å². The fourth-order valence-corrected chi connectivity index (χ4v) is 3.57. The molecule has 0 unspecified atom stereocenters. The molecule has 0 aliphatic carbocycles. The van der Waals surface area contributed by atoms with Crippen LogP contribution in [0.5, 0.6) is 5.75 Å². The molecule has 0 bridgehead atoms. The van der Waals surface area contributed by atoms with Gasteiger partial charge in [0, 0.05) is 44.8 Å². The van der Waals surface area contributed by atoms with Crippen molar-refractivity contribution in [2.24, 2.45) is 0 Å². The molecule has 1 amide bonds. The van der Waals surface area contributed by atoms with E-state index in [0.717, 1.165) is 43.0 Å². The van der Waals surface area contributed by atoms with Gasteiger partial charge in [-0.3, -0.25) is 4.79 Å². The van der Waals surface area contributed by atoms with E-state index < -0.39 is 0 Å². The largest absolute Gasteiger partial charge is 0.497 e. The first kappa shape index (κ1) is 17.4. The lowest BCUT2D eigenvalue weighted by Gasteiger charge is -2.36. The number of fused-ring (bicyclic) bond motifs is 1. The second kappa shape index (κ2) is 7.70. The van der Waals surface area contributed by atoms with Gasteiger partial charge in [-0.05, 0) is 36.4 Å². The fraction of sp³-hybridized carbons (Fsp3) is 0.333. The van der Waals surface area contributed by atoms with Gasteiger partial charge in [0.05, 0.1) is 24.5 Å². The maximum atomic E-state index is 12.6. The zero-order chi connectivity index (χ0) is 18.6. The summed E-state index contributed by atoms with van der Waals surface area (Å²) in [5, 5.41) is 0. The quantitative estimate of drug-likeness (QED) is 0.699. The molecule has 2 heterocycles. The lowest BCUT2D eigenvalue weighted by Crippen LogP contribution is -2.48. The van der Waals surface area contributed by atoms with Gasteiger partial charge in [0.15, 0.2) is 0 Å². The average Bonchev–Trinajstić information content (AvgIpc) is 3.15. The van der Waals surface area contributed by atoms with Crippen LogP contribution in [0.25, 0.3) is 11.0 Å². The van der Waals surface area contributed by atoms with Crippen molar-refractivity contribution in [2.75, 3.05) is 38.2 Å². The van der Waals surface area contributed by atoms with Gasteiger partial charge >= 0.3 is 0 Å². The lowest BCUT2D eigenvalue weighted by atomic mass is 10.2. The summed E-state index contributed by atoms with van der Waals surface area (Å²) < 4.78 is 7.27. The number of hydrogen-bond donors (Lipinski definition) is 0. The van der Waals surface area contributed by atoms with Gasteiger partial charge in [-0.1, -0.05) is 12.1 Å². The van der Waals surface area contributed by atoms with Crippen molar-refractivity contribution in [1.29, 1.82) is 0 Å². The molecule has 3 aromatic rings. The smallest absolute Gasteiger partial charge is 0.224 e. The Morgan fingerprint density at radius 1 is 1.04 bits per heavy atom. The number of para-hydroxylation sites is 2. The number of ether oxygens (including phenoxy) is 1. The summed E-state index contributed by atoms with van der Waals surface area (Å²) >= 11 is 0. The molecule has 0 spiro atoms. The van der Waals surface area contributed by atoms with Crippen molar-refractivity contribution < 1.29 is 9.53 Å². The zero-order valence-electron chi connectivity index (χ0n) is 15.5. The third kappa shape index (κ3) is 3.74. The van der Waals surface area contributed by atoms with Crippen LogP contribution in [0.4, 0.5) is 5.69 Å². The van der Waals surface area contributed by atoms with E-state index in [2.05, 4.69) is 26.6 Å². The highest BCUT2D eigenvalue weighted by molar-refractivity contribution is 5.78. The van der Waals surface area contributed by atoms with Crippen molar-refractivity contribution in [3.63, 3.8) is 0 Å². The fourth-order valence-electron chi connectivity index (χ4n) is 3.57. The topological polar surface area (TPSA) is 50.6 Å². The van der Waals surface area contributed by atoms with E-state index in [-0.39, 0.29) is 5.91 Å². The maximum absolute atomic E-state index is 12.6. The number of aryl methyl sites for hydroxylation is 1. The molecule has 0 radical (unpaired) electrons. The van der Waals surface area contributed by atoms with E-state index in [0.29, 0.717) is 13.0 Å². The molecule has 2 aromatic carbocycles. The van der Waals surface area contributed by atoms with Crippen LogP contribution in [0.2, 0.25) is 0 Å². The summed E-state index contributed by atoms with van der Waals surface area (Å²) in [6.45, 7) is 3.89. The Hall–Kier alpha value is -3.02. The molecular formula is C21H24N4O2. The SMILES string of the molecule is COc1ccc(N2CCN(C(=O)CCn3cnc4ccccc43)CC2)cc1. The van der Waals surface area contributed by atoms with Crippen molar-refractivity contribution in [2.45, 2.75) is 13.0 Å². The van der Waals surface area contributed by atoms with Crippen LogP contribution in [0.15, 0.2) is 54.9 Å². The third-order valence-electron chi connectivity index (χ3n) is 5.16. The molecule has 1 aromatic heterocycles. The number of carbonyl (C=O) groups is 1. The van der Waals surface area contributed by atoms with Crippen molar-refractivity contribution >= 4 is 22.6 Å². The molecule has 0 atom stereocenters. The number of nitrogens with zero attached hydrogens (tertiary/aromatic N) is 4. The molecule has 0 saturated carbocycles. The van der Waals surface area contributed by atoms with Crippen LogP contribution in [0.1, 0.15) is 6.42 Å². The Kier molecular flexibility index (Phi) is 4.96. The predicted molar refractivity (Wildman–Crippen MR) is 106 cm³/mol. The molecule has 1 saturated heterocycles. The first-order valence-electron chi connectivity index (χ1n) is 9.31. The Labute approximate surface area is 159 Å². The molecule has 1 aliphatic heterocycles. The summed E-state index contributed by atoms with van der Waals surface area (Å²) in [6, 6.07) is 16.1. The molecule has 6 nitrogen and oxygen atoms in total. The minimum atomic E-state index is 0.210. The average molecular weight is 364 g/mol. The van der Waals surface area contributed by atoms with Crippen LogP contribution in [-0.4, -0.2) is 53.6 Å². The number of aromatic nitrogens is 2. The molecule has 4 rings (SSSR count). The van der Waals surface area contributed by atoms with Crippen LogP contribution < -0.4 is 9.64 Å². The van der Waals surface area contributed by atoms with Gasteiger partial charge in [0.1, 0.15) is 5.75 Å². The van der Waals surface area contributed by atoms with Crippen LogP contribution in [0, 0.1) is 0 Å². The molecule has 6 heteroatoms. The predicted octanol–water partition coefficient (Wildman–Crippen LogP) is 2.78. The molecule has 1 fully saturated rings. The Bertz CT molecular complexity index is 911. The Balaban J connectivity index is 1.30. The van der Waals surface area contributed by atoms with Gasteiger partial charge in [0.2, 0.25) is 5.91 Å². The molecular weight excluding hydrogens is 340 g/mol. The van der Waals surface area contributed by atoms with Gasteiger partial charge in [-0.2, -0.15) is 0 Å². The van der Waals surface area contributed by atoms with Gasteiger partial charge in [-0.15, -0.1) is 0 Å². The number of piperazine rings is 1. The van der Waals surface area contributed by atoms with E-state index >= 15 is 0 Å². The normalized spacial score (nSPS) is 14.6. The highest BCUT2D eigenvalue weighted by Gasteiger charge is 2.21. The second-order valence-corrected chi connectivity index (χ2v) is 6.74. The summed E-state index contributed by atoms with van der Waals surface area (Å²) in [5.41, 5.74) is 3.22. The van der Waals surface area contributed by atoms with Gasteiger partial charge in [0.25, 0.3) is 0 Å². The third-order valence-corrected chi connectivity index (χ3v) is 5.16. The summed E-state index contributed by atoms with van der Waals surface area (Å²) in [7, 11) is 1.67. The standard InChI is InChI=1S/C21H24N4O2/c1-27-18-8-6-17(7-9-18)23-12-14-24(15-13-23)21(26)10-11-25-16-22-19-4-2-3-5-20(19)25/h2-9,16H,10-15H2,1H3. The van der Waals surface area contributed by atoms with Crippen molar-refractivity contribution in [3.05, 3.63) is 54.9 Å². The number of carbonyl (C=O) groups excluding carboxylic acids is 1. The highest BCUT2D eigenvalue weighted by atomic mass is 16.5. The van der Waals surface area contributed by atoms with Crippen LogP contribution in [0.3, 0.4) is 0 Å². The lowest BCUT2D eigenvalue weighted by molar-refractivity contribution is -0.131. The molecule has 27 heavy (non-hydrogen) atoms. The minimum absolute atomic E-state index is 0.210. The zero-order valence-corrected chi connectivity index (χ0v) is 15.5. The first-order valence-corrected chi connectivity index (χ1v) is 9.31. The van der Waals surface area contributed by atoms with E-state index in [1.165, 1.54) is 5.69 Å². The van der Waals surface area contributed by atoms with E-state index in [4.69, 9.17) is 4.74 Å². The number of rotatable bonds is 5. The van der Waals surface area contributed by atoms with Gasteiger partial charge < -0.3 is 19.1 Å². The second-order valence-electron chi connectivity index (χ2n) is 6.74. The Morgan fingerprint density at radius 2 is 1.78 bits per heavy atom. The summed E-state index contributed by atoms with van der Waals surface area (Å²) in [5.74, 6) is 1.07. The number of benzene rings is 2. The van der Waals surface area contributed by atoms with E-state index in [9.17, 15) is 4.79 Å². The molecule has 0 N–H and O–H groups in total. The molecule has 140 valence electrons. The van der Waals surface area contributed by atoms with E-state index in [1.54, 1.807) is 7.11 Å². The number of amides is 1. The number of methoxy groups -OCH3 is 1. The molecule has 1 aliphatic rings. The summed E-state index contributed by atoms with van der Waals surface area (Å²) in [6.07, 6.45) is 2.32. The maximum Gasteiger partial charge on any atom is 0.224 e. The van der Waals surface area contributed by atoms with Crippen molar-refractivity contribution in [1.82, 2.24) is 14.5 Å². The van der Waals surface area contributed by atoms with Crippen molar-refractivity contribution in [3.8, 4) is 5.75 Å². The number of imidazole rings is 1. The van der Waals surface area contributed by atoms with Crippen LogP contribution >= 0.6 is 0 Å². The number of hydrogen-bond acceptors (Lipinski definition) is 4. The first-order chi connectivity index (χ1) is 13.2. The highest BCUT2D eigenvalue weighted by Crippen LogP contribution is 2.21. The minimum Gasteiger partial charge on any atom is -0.497 e. The summed E-state index contributed by atoms with van der Waals surface area (Å²) in [4.78, 5) is 21.3. The Morgan fingerprint density at radius 3 is 2.52 bits per heavy atom.